The molecule has 252 valence electrons. The van der Waals surface area contributed by atoms with E-state index in [9.17, 15) is 14.7 Å². The predicted molar refractivity (Wildman–Crippen MR) is 183 cm³/mol. The number of ether oxygens (including phenoxy) is 2. The normalized spacial score (nSPS) is 22.1. The van der Waals surface area contributed by atoms with Crippen LogP contribution in [0.15, 0.2) is 78.9 Å². The van der Waals surface area contributed by atoms with Crippen molar-refractivity contribution in [1.82, 2.24) is 15.1 Å². The molecule has 2 fully saturated rings. The molecule has 3 aromatic rings. The van der Waals surface area contributed by atoms with Crippen molar-refractivity contribution in [2.75, 3.05) is 44.6 Å². The highest BCUT2D eigenvalue weighted by atomic mass is 16.7. The quantitative estimate of drug-likeness (QED) is 0.202. The van der Waals surface area contributed by atoms with Gasteiger partial charge >= 0.3 is 0 Å². The van der Waals surface area contributed by atoms with Gasteiger partial charge in [0.1, 0.15) is 0 Å². The van der Waals surface area contributed by atoms with E-state index < -0.39 is 6.29 Å². The van der Waals surface area contributed by atoms with Crippen LogP contribution in [0.2, 0.25) is 0 Å². The number of unbranched alkanes of at least 4 members (excludes halogenated alkanes) is 2. The Labute approximate surface area is 279 Å². The number of anilines is 1. The number of piperazine rings is 1. The summed E-state index contributed by atoms with van der Waals surface area (Å²) < 4.78 is 13.3. The third-order valence-electron chi connectivity index (χ3n) is 9.20. The number of carbonyl (C=O) groups excluding carboxylic acids is 2. The average Bonchev–Trinajstić information content (AvgIpc) is 3.09. The second kappa shape index (κ2) is 17.5. The smallest absolute Gasteiger partial charge is 0.224 e. The van der Waals surface area contributed by atoms with E-state index in [1.54, 1.807) is 0 Å². The summed E-state index contributed by atoms with van der Waals surface area (Å²) in [4.78, 5) is 28.5. The molecule has 0 radical (unpaired) electrons. The molecular weight excluding hydrogens is 592 g/mol. The molecule has 0 spiro atoms. The van der Waals surface area contributed by atoms with Crippen LogP contribution in [-0.2, 0) is 32.2 Å². The maximum atomic E-state index is 12.5. The van der Waals surface area contributed by atoms with E-state index in [0.29, 0.717) is 13.0 Å². The lowest BCUT2D eigenvalue weighted by Gasteiger charge is -2.44. The van der Waals surface area contributed by atoms with Crippen molar-refractivity contribution in [1.29, 1.82) is 0 Å². The molecule has 0 saturated carbocycles. The van der Waals surface area contributed by atoms with Gasteiger partial charge in [-0.1, -0.05) is 80.1 Å². The zero-order chi connectivity index (χ0) is 33.0. The van der Waals surface area contributed by atoms with Gasteiger partial charge in [-0.15, -0.1) is 0 Å². The Hall–Kier alpha value is -3.60. The van der Waals surface area contributed by atoms with Crippen LogP contribution < -0.4 is 10.6 Å². The van der Waals surface area contributed by atoms with Crippen LogP contribution in [0.25, 0.3) is 0 Å². The predicted octanol–water partition coefficient (Wildman–Crippen LogP) is 5.42. The summed E-state index contributed by atoms with van der Waals surface area (Å²) >= 11 is 0. The Kier molecular flexibility index (Phi) is 12.9. The van der Waals surface area contributed by atoms with Crippen LogP contribution in [0.3, 0.4) is 0 Å². The van der Waals surface area contributed by atoms with Crippen molar-refractivity contribution in [3.8, 4) is 0 Å². The molecule has 0 aromatic heterocycles. The van der Waals surface area contributed by atoms with Crippen LogP contribution in [0.4, 0.5) is 5.69 Å². The van der Waals surface area contributed by atoms with Crippen LogP contribution in [0, 0.1) is 5.92 Å². The van der Waals surface area contributed by atoms with Gasteiger partial charge in [-0.2, -0.15) is 0 Å². The molecule has 2 saturated heterocycles. The number of hydrogen-bond acceptors (Lipinski definition) is 7. The SMILES string of the molecule is CC(=O)NCCCCCC(=O)Nc1ccc(C2OC(CN3CCN(Cc4ccccc4)CC3)C(C)C(c3ccc(CO)cc3)O2)cc1. The summed E-state index contributed by atoms with van der Waals surface area (Å²) in [5.74, 6) is 0.0673. The van der Waals surface area contributed by atoms with Gasteiger partial charge in [-0.3, -0.25) is 19.4 Å². The fourth-order valence-electron chi connectivity index (χ4n) is 6.35. The molecule has 4 atom stereocenters. The topological polar surface area (TPSA) is 103 Å². The molecule has 2 aliphatic rings. The van der Waals surface area contributed by atoms with Crippen molar-refractivity contribution in [3.63, 3.8) is 0 Å². The Morgan fingerprint density at radius 3 is 2.17 bits per heavy atom. The highest BCUT2D eigenvalue weighted by Gasteiger charge is 2.39. The molecule has 5 rings (SSSR count). The molecular formula is C38H50N4O5. The van der Waals surface area contributed by atoms with Gasteiger partial charge in [0.05, 0.1) is 18.8 Å². The van der Waals surface area contributed by atoms with Crippen molar-refractivity contribution >= 4 is 17.5 Å². The van der Waals surface area contributed by atoms with E-state index in [4.69, 9.17) is 9.47 Å². The number of rotatable bonds is 14. The Balaban J connectivity index is 1.19. The summed E-state index contributed by atoms with van der Waals surface area (Å²) in [5, 5.41) is 15.4. The number of carbonyl (C=O) groups is 2. The van der Waals surface area contributed by atoms with Crippen LogP contribution in [-0.4, -0.2) is 72.1 Å². The first-order valence-corrected chi connectivity index (χ1v) is 17.0. The monoisotopic (exact) mass is 642 g/mol. The van der Waals surface area contributed by atoms with Gasteiger partial charge < -0.3 is 25.2 Å². The molecule has 47 heavy (non-hydrogen) atoms. The molecule has 4 unspecified atom stereocenters. The summed E-state index contributed by atoms with van der Waals surface area (Å²) in [6.07, 6.45) is 2.20. The maximum Gasteiger partial charge on any atom is 0.224 e. The Bertz CT molecular complexity index is 1390. The van der Waals surface area contributed by atoms with Gasteiger partial charge in [-0.25, -0.2) is 0 Å². The summed E-state index contributed by atoms with van der Waals surface area (Å²) in [6, 6.07) is 26.4. The van der Waals surface area contributed by atoms with Crippen molar-refractivity contribution in [2.24, 2.45) is 5.92 Å². The third-order valence-corrected chi connectivity index (χ3v) is 9.20. The first-order chi connectivity index (χ1) is 22.9. The maximum absolute atomic E-state index is 12.5. The zero-order valence-electron chi connectivity index (χ0n) is 27.8. The van der Waals surface area contributed by atoms with Gasteiger partial charge in [0.25, 0.3) is 0 Å². The highest BCUT2D eigenvalue weighted by Crippen LogP contribution is 2.42. The largest absolute Gasteiger partial charge is 0.392 e. The molecule has 9 heteroatoms. The standard InChI is InChI=1S/C38H50N4O5/c1-28-35(26-42-23-21-41(22-24-42)25-30-9-5-3-6-10-30)46-38(47-37(28)32-14-12-31(27-43)13-15-32)33-16-18-34(19-17-33)40-36(45)11-7-4-8-20-39-29(2)44/h3,5-6,9-10,12-19,28,35,37-38,43H,4,7-8,11,20-27H2,1-2H3,(H,39,44)(H,40,45). The van der Waals surface area contributed by atoms with E-state index in [1.165, 1.54) is 12.5 Å². The minimum absolute atomic E-state index is 0.00740. The number of amides is 2. The Morgan fingerprint density at radius 2 is 1.49 bits per heavy atom. The third kappa shape index (κ3) is 10.4. The lowest BCUT2D eigenvalue weighted by molar-refractivity contribution is -0.276. The molecule has 3 aromatic carbocycles. The van der Waals surface area contributed by atoms with E-state index in [1.807, 2.05) is 48.5 Å². The summed E-state index contributed by atoms with van der Waals surface area (Å²) in [5.41, 5.74) is 4.94. The fraction of sp³-hybridized carbons (Fsp3) is 0.474. The molecule has 2 amide bonds. The van der Waals surface area contributed by atoms with Gasteiger partial charge in [0, 0.05) is 76.3 Å². The summed E-state index contributed by atoms with van der Waals surface area (Å²) in [7, 11) is 0. The van der Waals surface area contributed by atoms with Crippen LogP contribution >= 0.6 is 0 Å². The molecule has 0 aliphatic carbocycles. The highest BCUT2D eigenvalue weighted by molar-refractivity contribution is 5.90. The minimum Gasteiger partial charge on any atom is -0.392 e. The zero-order valence-corrected chi connectivity index (χ0v) is 27.8. The number of nitrogens with zero attached hydrogens (tertiary/aromatic N) is 2. The lowest BCUT2D eigenvalue weighted by atomic mass is 9.90. The molecule has 0 bridgehead atoms. The van der Waals surface area contributed by atoms with Gasteiger partial charge in [0.2, 0.25) is 11.8 Å². The van der Waals surface area contributed by atoms with E-state index in [-0.39, 0.29) is 36.5 Å². The van der Waals surface area contributed by atoms with E-state index in [2.05, 4.69) is 57.7 Å². The first-order valence-electron chi connectivity index (χ1n) is 17.0. The van der Waals surface area contributed by atoms with Crippen molar-refractivity contribution < 1.29 is 24.2 Å². The number of benzene rings is 3. The van der Waals surface area contributed by atoms with Crippen LogP contribution in [0.1, 0.15) is 74.2 Å². The summed E-state index contributed by atoms with van der Waals surface area (Å²) in [6.45, 7) is 10.2. The van der Waals surface area contributed by atoms with E-state index >= 15 is 0 Å². The van der Waals surface area contributed by atoms with Crippen molar-refractivity contribution in [3.05, 3.63) is 101 Å². The number of nitrogens with one attached hydrogen (secondary N) is 2. The Morgan fingerprint density at radius 1 is 0.809 bits per heavy atom. The first kappa shape index (κ1) is 34.7. The second-order valence-electron chi connectivity index (χ2n) is 12.8. The number of hydrogen-bond donors (Lipinski definition) is 3. The van der Waals surface area contributed by atoms with Crippen LogP contribution in [0.5, 0.6) is 0 Å². The van der Waals surface area contributed by atoms with Crippen molar-refractivity contribution in [2.45, 2.75) is 71.2 Å². The minimum atomic E-state index is -0.550. The molecule has 2 aliphatic heterocycles. The number of aliphatic hydroxyl groups is 1. The van der Waals surface area contributed by atoms with E-state index in [0.717, 1.165) is 80.9 Å². The lowest BCUT2D eigenvalue weighted by Crippen LogP contribution is -2.51. The molecule has 2 heterocycles. The fourth-order valence-corrected chi connectivity index (χ4v) is 6.35. The second-order valence-corrected chi connectivity index (χ2v) is 12.8. The number of aliphatic hydroxyl groups excluding tert-OH is 1. The average molecular weight is 643 g/mol. The molecule has 9 nitrogen and oxygen atoms in total. The van der Waals surface area contributed by atoms with Gasteiger partial charge in [-0.05, 0) is 41.7 Å². The molecule has 3 N–H and O–H groups in total. The van der Waals surface area contributed by atoms with Gasteiger partial charge in [0.15, 0.2) is 6.29 Å².